The van der Waals surface area contributed by atoms with Crippen molar-refractivity contribution in [3.05, 3.63) is 30.1 Å². The number of carboxylic acid groups (broad SMARTS) is 1. The summed E-state index contributed by atoms with van der Waals surface area (Å²) in [6.45, 7) is 4.60. The highest BCUT2D eigenvalue weighted by Gasteiger charge is 2.20. The smallest absolute Gasteiger partial charge is 0.326 e. The molecule has 0 radical (unpaired) electrons. The fourth-order valence-corrected chi connectivity index (χ4v) is 1.58. The Hall–Kier alpha value is -2.11. The summed E-state index contributed by atoms with van der Waals surface area (Å²) in [7, 11) is 0. The third kappa shape index (κ3) is 5.69. The Morgan fingerprint density at radius 3 is 2.20 bits per heavy atom. The minimum absolute atomic E-state index is 0.213. The van der Waals surface area contributed by atoms with Crippen molar-refractivity contribution in [2.75, 3.05) is 18.0 Å². The SMILES string of the molecule is CC(C)(C)OC(=O)CN(CC(=O)O)c1ccc(F)cc1. The van der Waals surface area contributed by atoms with Gasteiger partial charge in [0.2, 0.25) is 0 Å². The van der Waals surface area contributed by atoms with Gasteiger partial charge in [0, 0.05) is 5.69 Å². The van der Waals surface area contributed by atoms with Crippen molar-refractivity contribution in [2.45, 2.75) is 26.4 Å². The number of hydrogen-bond donors (Lipinski definition) is 1. The Bertz CT molecular complexity index is 479. The number of aliphatic carboxylic acids is 1. The number of carboxylic acids is 1. The van der Waals surface area contributed by atoms with Gasteiger partial charge in [-0.15, -0.1) is 0 Å². The summed E-state index contributed by atoms with van der Waals surface area (Å²) < 4.78 is 18.0. The van der Waals surface area contributed by atoms with Crippen LogP contribution in [0.3, 0.4) is 0 Å². The zero-order chi connectivity index (χ0) is 15.3. The van der Waals surface area contributed by atoms with Gasteiger partial charge in [-0.2, -0.15) is 0 Å². The number of anilines is 1. The molecule has 0 saturated carbocycles. The summed E-state index contributed by atoms with van der Waals surface area (Å²) in [6, 6.07) is 5.25. The van der Waals surface area contributed by atoms with E-state index in [4.69, 9.17) is 9.84 Å². The zero-order valence-corrected chi connectivity index (χ0v) is 11.7. The maximum atomic E-state index is 12.9. The Labute approximate surface area is 117 Å². The summed E-state index contributed by atoms with van der Waals surface area (Å²) >= 11 is 0. The second kappa shape index (κ2) is 6.36. The summed E-state index contributed by atoms with van der Waals surface area (Å²) in [6.07, 6.45) is 0. The van der Waals surface area contributed by atoms with E-state index in [-0.39, 0.29) is 13.1 Å². The second-order valence-corrected chi connectivity index (χ2v) is 5.31. The van der Waals surface area contributed by atoms with Crippen molar-refractivity contribution in [1.82, 2.24) is 0 Å². The maximum absolute atomic E-state index is 12.9. The monoisotopic (exact) mass is 283 g/mol. The topological polar surface area (TPSA) is 66.8 Å². The van der Waals surface area contributed by atoms with E-state index in [0.29, 0.717) is 5.69 Å². The summed E-state index contributed by atoms with van der Waals surface area (Å²) in [5.74, 6) is -2.05. The average Bonchev–Trinajstić information content (AvgIpc) is 2.25. The number of esters is 1. The van der Waals surface area contributed by atoms with Crippen LogP contribution in [0.4, 0.5) is 10.1 Å². The lowest BCUT2D eigenvalue weighted by molar-refractivity contribution is -0.153. The second-order valence-electron chi connectivity index (χ2n) is 5.31. The standard InChI is InChI=1S/C14H18FNO4/c1-14(2,3)20-13(19)9-16(8-12(17)18)11-6-4-10(15)5-7-11/h4-7H,8-9H2,1-3H3,(H,17,18). The molecule has 0 saturated heterocycles. The predicted molar refractivity (Wildman–Crippen MR) is 72.1 cm³/mol. The number of halogens is 1. The van der Waals surface area contributed by atoms with Crippen LogP contribution in [0.15, 0.2) is 24.3 Å². The molecule has 1 N–H and O–H groups in total. The normalized spacial score (nSPS) is 11.0. The molecule has 0 aliphatic heterocycles. The van der Waals surface area contributed by atoms with E-state index in [1.54, 1.807) is 20.8 Å². The molecular weight excluding hydrogens is 265 g/mol. The fraction of sp³-hybridized carbons (Fsp3) is 0.429. The van der Waals surface area contributed by atoms with Gasteiger partial charge in [0.1, 0.15) is 24.5 Å². The molecule has 0 fully saturated rings. The molecular formula is C14H18FNO4. The highest BCUT2D eigenvalue weighted by Crippen LogP contribution is 2.15. The first-order chi connectivity index (χ1) is 9.17. The Morgan fingerprint density at radius 2 is 1.75 bits per heavy atom. The Balaban J connectivity index is 2.82. The Kier molecular flexibility index (Phi) is 5.07. The number of benzene rings is 1. The fourth-order valence-electron chi connectivity index (χ4n) is 1.58. The minimum atomic E-state index is -1.09. The van der Waals surface area contributed by atoms with Gasteiger partial charge < -0.3 is 14.7 Å². The molecule has 0 heterocycles. The molecule has 6 heteroatoms. The molecule has 20 heavy (non-hydrogen) atoms. The highest BCUT2D eigenvalue weighted by molar-refractivity contribution is 5.80. The molecule has 0 aliphatic carbocycles. The van der Waals surface area contributed by atoms with Gasteiger partial charge in [0.25, 0.3) is 0 Å². The van der Waals surface area contributed by atoms with Crippen molar-refractivity contribution in [1.29, 1.82) is 0 Å². The molecule has 0 atom stereocenters. The molecule has 110 valence electrons. The van der Waals surface area contributed by atoms with Gasteiger partial charge in [0.15, 0.2) is 0 Å². The molecule has 1 aromatic rings. The van der Waals surface area contributed by atoms with Gasteiger partial charge in [-0.3, -0.25) is 9.59 Å². The van der Waals surface area contributed by atoms with Crippen molar-refractivity contribution in [3.63, 3.8) is 0 Å². The van der Waals surface area contributed by atoms with Crippen LogP contribution in [0.2, 0.25) is 0 Å². The van der Waals surface area contributed by atoms with Gasteiger partial charge in [-0.05, 0) is 45.0 Å². The summed E-state index contributed by atoms with van der Waals surface area (Å²) in [5, 5.41) is 8.88. The van der Waals surface area contributed by atoms with Crippen molar-refractivity contribution >= 4 is 17.6 Å². The molecule has 0 spiro atoms. The lowest BCUT2D eigenvalue weighted by atomic mass is 10.2. The first-order valence-corrected chi connectivity index (χ1v) is 6.11. The van der Waals surface area contributed by atoms with Crippen LogP contribution in [-0.2, 0) is 14.3 Å². The molecule has 0 amide bonds. The Morgan fingerprint density at radius 1 is 1.20 bits per heavy atom. The van der Waals surface area contributed by atoms with E-state index in [0.717, 1.165) is 0 Å². The lowest BCUT2D eigenvalue weighted by Crippen LogP contribution is -2.37. The zero-order valence-electron chi connectivity index (χ0n) is 11.7. The summed E-state index contributed by atoms with van der Waals surface area (Å²) in [5.41, 5.74) is -0.200. The number of carbonyl (C=O) groups excluding carboxylic acids is 1. The molecule has 0 unspecified atom stereocenters. The minimum Gasteiger partial charge on any atom is -0.480 e. The van der Waals surface area contributed by atoms with E-state index in [9.17, 15) is 14.0 Å². The number of ether oxygens (including phenoxy) is 1. The van der Waals surface area contributed by atoms with E-state index in [1.807, 2.05) is 0 Å². The number of carbonyl (C=O) groups is 2. The van der Waals surface area contributed by atoms with Crippen molar-refractivity contribution in [3.8, 4) is 0 Å². The van der Waals surface area contributed by atoms with Crippen molar-refractivity contribution in [2.24, 2.45) is 0 Å². The van der Waals surface area contributed by atoms with Crippen LogP contribution in [0.5, 0.6) is 0 Å². The largest absolute Gasteiger partial charge is 0.480 e. The predicted octanol–water partition coefficient (Wildman–Crippen LogP) is 2.06. The van der Waals surface area contributed by atoms with Gasteiger partial charge in [-0.25, -0.2) is 4.39 Å². The van der Waals surface area contributed by atoms with E-state index < -0.39 is 23.4 Å². The van der Waals surface area contributed by atoms with Crippen LogP contribution in [0, 0.1) is 5.82 Å². The number of hydrogen-bond acceptors (Lipinski definition) is 4. The summed E-state index contributed by atoms with van der Waals surface area (Å²) in [4.78, 5) is 23.9. The quantitative estimate of drug-likeness (QED) is 0.838. The molecule has 1 aromatic carbocycles. The van der Waals surface area contributed by atoms with Crippen LogP contribution in [-0.4, -0.2) is 35.7 Å². The first-order valence-electron chi connectivity index (χ1n) is 6.11. The molecule has 5 nitrogen and oxygen atoms in total. The highest BCUT2D eigenvalue weighted by atomic mass is 19.1. The van der Waals surface area contributed by atoms with E-state index in [1.165, 1.54) is 29.2 Å². The van der Waals surface area contributed by atoms with Gasteiger partial charge in [-0.1, -0.05) is 0 Å². The van der Waals surface area contributed by atoms with Crippen LogP contribution in [0.1, 0.15) is 20.8 Å². The first kappa shape index (κ1) is 15.9. The molecule has 1 rings (SSSR count). The third-order valence-corrected chi connectivity index (χ3v) is 2.26. The van der Waals surface area contributed by atoms with E-state index >= 15 is 0 Å². The third-order valence-electron chi connectivity index (χ3n) is 2.26. The van der Waals surface area contributed by atoms with Gasteiger partial charge >= 0.3 is 11.9 Å². The maximum Gasteiger partial charge on any atom is 0.326 e. The van der Waals surface area contributed by atoms with Gasteiger partial charge in [0.05, 0.1) is 0 Å². The van der Waals surface area contributed by atoms with Crippen LogP contribution in [0.25, 0.3) is 0 Å². The van der Waals surface area contributed by atoms with Crippen LogP contribution >= 0.6 is 0 Å². The number of nitrogens with zero attached hydrogens (tertiary/aromatic N) is 1. The van der Waals surface area contributed by atoms with Crippen molar-refractivity contribution < 1.29 is 23.8 Å². The lowest BCUT2D eigenvalue weighted by Gasteiger charge is -2.25. The van der Waals surface area contributed by atoms with E-state index in [2.05, 4.69) is 0 Å². The van der Waals surface area contributed by atoms with Crippen LogP contribution < -0.4 is 4.90 Å². The number of rotatable bonds is 5. The molecule has 0 aromatic heterocycles. The molecule has 0 bridgehead atoms. The molecule has 0 aliphatic rings. The average molecular weight is 283 g/mol.